The predicted octanol–water partition coefficient (Wildman–Crippen LogP) is 5.86. The van der Waals surface area contributed by atoms with Crippen molar-refractivity contribution >= 4 is 51.5 Å². The van der Waals surface area contributed by atoms with Gasteiger partial charge in [-0.05, 0) is 55.4 Å². The third kappa shape index (κ3) is 4.77. The van der Waals surface area contributed by atoms with Gasteiger partial charge >= 0.3 is 0 Å². The minimum absolute atomic E-state index is 0.0729. The van der Waals surface area contributed by atoms with Gasteiger partial charge in [0.25, 0.3) is 11.1 Å². The van der Waals surface area contributed by atoms with Crippen molar-refractivity contribution in [2.75, 3.05) is 12.1 Å². The third-order valence-electron chi connectivity index (χ3n) is 6.81. The van der Waals surface area contributed by atoms with Gasteiger partial charge in [-0.2, -0.15) is 0 Å². The first kappa shape index (κ1) is 24.8. The standard InChI is InChI=1S/C30H25N3O5S/c1-18-6-5-7-20(12-18)15-33-29(35)27(39-30(33)36)14-23-19(2)32(24-9-4-3-8-22(23)24)16-28(34)31-21-10-11-25-26(13-21)38-17-37-25/h3-14H,15-17H2,1-2H3,(H,31,34)/b27-14-. The molecule has 196 valence electrons. The van der Waals surface area contributed by atoms with Gasteiger partial charge in [0.15, 0.2) is 11.5 Å². The van der Waals surface area contributed by atoms with Crippen molar-refractivity contribution in [2.45, 2.75) is 26.9 Å². The number of hydrogen-bond donors (Lipinski definition) is 1. The quantitative estimate of drug-likeness (QED) is 0.309. The summed E-state index contributed by atoms with van der Waals surface area (Å²) in [5.41, 5.74) is 5.08. The van der Waals surface area contributed by atoms with Crippen molar-refractivity contribution in [3.05, 3.63) is 94.0 Å². The van der Waals surface area contributed by atoms with Crippen LogP contribution in [0.15, 0.2) is 71.6 Å². The number of aryl methyl sites for hydroxylation is 1. The van der Waals surface area contributed by atoms with Crippen molar-refractivity contribution < 1.29 is 23.9 Å². The molecule has 4 aromatic rings. The summed E-state index contributed by atoms with van der Waals surface area (Å²) in [5.74, 6) is 0.716. The normalized spacial score (nSPS) is 15.5. The van der Waals surface area contributed by atoms with Crippen LogP contribution in [-0.4, -0.2) is 33.3 Å². The van der Waals surface area contributed by atoms with E-state index in [0.717, 1.165) is 45.0 Å². The Morgan fingerprint density at radius 2 is 1.82 bits per heavy atom. The fourth-order valence-electron chi connectivity index (χ4n) is 4.92. The topological polar surface area (TPSA) is 89.9 Å². The molecule has 1 aromatic heterocycles. The number of imide groups is 1. The largest absolute Gasteiger partial charge is 0.454 e. The van der Waals surface area contributed by atoms with Crippen LogP contribution in [0.2, 0.25) is 0 Å². The molecular formula is C30H25N3O5S. The van der Waals surface area contributed by atoms with Gasteiger partial charge in [-0.25, -0.2) is 0 Å². The molecule has 0 bridgehead atoms. The first-order valence-electron chi connectivity index (χ1n) is 12.5. The summed E-state index contributed by atoms with van der Waals surface area (Å²) in [6.45, 7) is 4.35. The molecule has 0 saturated carbocycles. The zero-order valence-electron chi connectivity index (χ0n) is 21.4. The van der Waals surface area contributed by atoms with E-state index in [1.165, 1.54) is 4.90 Å². The molecule has 0 spiro atoms. The van der Waals surface area contributed by atoms with Crippen molar-refractivity contribution in [1.29, 1.82) is 0 Å². The highest BCUT2D eigenvalue weighted by atomic mass is 32.2. The molecule has 3 aromatic carbocycles. The van der Waals surface area contributed by atoms with Gasteiger partial charge in [0.05, 0.1) is 11.4 Å². The van der Waals surface area contributed by atoms with Crippen LogP contribution in [0.5, 0.6) is 11.5 Å². The molecule has 2 aliphatic heterocycles. The summed E-state index contributed by atoms with van der Waals surface area (Å²) in [5, 5.41) is 3.53. The summed E-state index contributed by atoms with van der Waals surface area (Å²) in [7, 11) is 0. The van der Waals surface area contributed by atoms with E-state index in [2.05, 4.69) is 5.32 Å². The van der Waals surface area contributed by atoms with Crippen LogP contribution < -0.4 is 14.8 Å². The van der Waals surface area contributed by atoms with E-state index in [0.29, 0.717) is 22.1 Å². The smallest absolute Gasteiger partial charge is 0.293 e. The second-order valence-corrected chi connectivity index (χ2v) is 10.5. The number of benzene rings is 3. The molecule has 3 heterocycles. The summed E-state index contributed by atoms with van der Waals surface area (Å²) in [6, 6.07) is 20.8. The monoisotopic (exact) mass is 539 g/mol. The molecule has 0 aliphatic carbocycles. The molecule has 0 atom stereocenters. The number of carbonyl (C=O) groups is 3. The molecule has 39 heavy (non-hydrogen) atoms. The zero-order valence-corrected chi connectivity index (χ0v) is 22.2. The van der Waals surface area contributed by atoms with Crippen molar-refractivity contribution in [2.24, 2.45) is 0 Å². The Morgan fingerprint density at radius 1 is 1.00 bits per heavy atom. The Kier molecular flexibility index (Phi) is 6.36. The minimum Gasteiger partial charge on any atom is -0.454 e. The average molecular weight is 540 g/mol. The van der Waals surface area contributed by atoms with Crippen LogP contribution in [-0.2, 0) is 22.7 Å². The summed E-state index contributed by atoms with van der Waals surface area (Å²) in [6.07, 6.45) is 1.77. The molecule has 0 radical (unpaired) electrons. The second-order valence-electron chi connectivity index (χ2n) is 9.48. The lowest BCUT2D eigenvalue weighted by Gasteiger charge is -2.12. The summed E-state index contributed by atoms with van der Waals surface area (Å²) in [4.78, 5) is 40.7. The van der Waals surface area contributed by atoms with Gasteiger partial charge < -0.3 is 19.4 Å². The first-order valence-corrected chi connectivity index (χ1v) is 13.3. The van der Waals surface area contributed by atoms with Crippen LogP contribution in [0.1, 0.15) is 22.4 Å². The number of ether oxygens (including phenoxy) is 2. The number of rotatable bonds is 6. The highest BCUT2D eigenvalue weighted by Gasteiger charge is 2.35. The van der Waals surface area contributed by atoms with E-state index in [9.17, 15) is 14.4 Å². The molecular weight excluding hydrogens is 514 g/mol. The Hall–Kier alpha value is -4.50. The predicted molar refractivity (Wildman–Crippen MR) is 151 cm³/mol. The number of amides is 3. The maximum absolute atomic E-state index is 13.3. The molecule has 8 nitrogen and oxygen atoms in total. The van der Waals surface area contributed by atoms with Gasteiger partial charge in [0, 0.05) is 33.9 Å². The van der Waals surface area contributed by atoms with E-state index >= 15 is 0 Å². The van der Waals surface area contributed by atoms with E-state index < -0.39 is 0 Å². The molecule has 1 N–H and O–H groups in total. The number of anilines is 1. The van der Waals surface area contributed by atoms with Gasteiger partial charge in [-0.1, -0.05) is 48.0 Å². The second kappa shape index (κ2) is 9.99. The molecule has 3 amide bonds. The van der Waals surface area contributed by atoms with Crippen LogP contribution in [0, 0.1) is 13.8 Å². The molecule has 1 saturated heterocycles. The molecule has 6 rings (SSSR count). The van der Waals surface area contributed by atoms with Crippen LogP contribution in [0.4, 0.5) is 10.5 Å². The number of hydrogen-bond acceptors (Lipinski definition) is 6. The Morgan fingerprint density at radius 3 is 2.67 bits per heavy atom. The summed E-state index contributed by atoms with van der Waals surface area (Å²) >= 11 is 0.940. The average Bonchev–Trinajstić information content (AvgIpc) is 3.56. The SMILES string of the molecule is Cc1cccc(CN2C(=O)S/C(=C\c3c(C)n(CC(=O)Nc4ccc5c(c4)OCO5)c4ccccc34)C2=O)c1. The molecule has 0 unspecified atom stereocenters. The lowest BCUT2D eigenvalue weighted by molar-refractivity contribution is -0.123. The van der Waals surface area contributed by atoms with Gasteiger partial charge in [0.2, 0.25) is 12.7 Å². The highest BCUT2D eigenvalue weighted by molar-refractivity contribution is 8.18. The van der Waals surface area contributed by atoms with Crippen LogP contribution in [0.3, 0.4) is 0 Å². The van der Waals surface area contributed by atoms with E-state index in [4.69, 9.17) is 9.47 Å². The minimum atomic E-state index is -0.316. The number of fused-ring (bicyclic) bond motifs is 2. The van der Waals surface area contributed by atoms with Crippen molar-refractivity contribution in [3.8, 4) is 11.5 Å². The lowest BCUT2D eigenvalue weighted by Crippen LogP contribution is -2.27. The summed E-state index contributed by atoms with van der Waals surface area (Å²) < 4.78 is 12.7. The maximum Gasteiger partial charge on any atom is 0.293 e. The number of thioether (sulfide) groups is 1. The Balaban J connectivity index is 1.27. The van der Waals surface area contributed by atoms with E-state index in [1.807, 2.05) is 66.9 Å². The van der Waals surface area contributed by atoms with Crippen molar-refractivity contribution in [3.63, 3.8) is 0 Å². The van der Waals surface area contributed by atoms with E-state index in [-0.39, 0.29) is 36.9 Å². The highest BCUT2D eigenvalue weighted by Crippen LogP contribution is 2.37. The van der Waals surface area contributed by atoms with Crippen LogP contribution >= 0.6 is 11.8 Å². The number of para-hydroxylation sites is 1. The third-order valence-corrected chi connectivity index (χ3v) is 7.72. The fraction of sp³-hybridized carbons (Fsp3) is 0.167. The van der Waals surface area contributed by atoms with Gasteiger partial charge in [-0.15, -0.1) is 0 Å². The van der Waals surface area contributed by atoms with E-state index in [1.54, 1.807) is 24.3 Å². The number of aromatic nitrogens is 1. The Labute approximate surface area is 229 Å². The number of nitrogens with zero attached hydrogens (tertiary/aromatic N) is 2. The first-order chi connectivity index (χ1) is 18.9. The van der Waals surface area contributed by atoms with Gasteiger partial charge in [-0.3, -0.25) is 19.3 Å². The Bertz CT molecular complexity index is 1690. The van der Waals surface area contributed by atoms with Crippen LogP contribution in [0.25, 0.3) is 17.0 Å². The number of carbonyl (C=O) groups excluding carboxylic acids is 3. The molecule has 2 aliphatic rings. The molecule has 9 heteroatoms. The number of nitrogens with one attached hydrogen (secondary N) is 1. The maximum atomic E-state index is 13.3. The fourth-order valence-corrected chi connectivity index (χ4v) is 5.74. The van der Waals surface area contributed by atoms with Gasteiger partial charge in [0.1, 0.15) is 6.54 Å². The zero-order chi connectivity index (χ0) is 27.1. The molecule has 1 fully saturated rings. The van der Waals surface area contributed by atoms with Crippen molar-refractivity contribution in [1.82, 2.24) is 9.47 Å². The lowest BCUT2D eigenvalue weighted by atomic mass is 10.1.